The van der Waals surface area contributed by atoms with Crippen LogP contribution in [0.15, 0.2) is 6.07 Å². The summed E-state index contributed by atoms with van der Waals surface area (Å²) >= 11 is 0. The monoisotopic (exact) mass is 274 g/mol. The van der Waals surface area contributed by atoms with Crippen LogP contribution in [0.25, 0.3) is 0 Å². The molecule has 1 aromatic rings. The second-order valence-corrected chi connectivity index (χ2v) is 5.84. The topological polar surface area (TPSA) is 58.1 Å². The Bertz CT molecular complexity index is 491. The minimum absolute atomic E-state index is 0.0529. The van der Waals surface area contributed by atoms with Gasteiger partial charge in [0.2, 0.25) is 5.95 Å². The van der Waals surface area contributed by atoms with E-state index in [1.165, 1.54) is 25.7 Å². The van der Waals surface area contributed by atoms with Crippen molar-refractivity contribution in [2.24, 2.45) is 0 Å². The number of nitrogens with zero attached hydrogens (tertiary/aromatic N) is 3. The quantitative estimate of drug-likeness (QED) is 0.916. The summed E-state index contributed by atoms with van der Waals surface area (Å²) in [5, 5.41) is 3.09. The third-order valence-electron chi connectivity index (χ3n) is 4.15. The molecule has 2 heterocycles. The van der Waals surface area contributed by atoms with E-state index in [1.807, 2.05) is 6.92 Å². The second-order valence-electron chi connectivity index (χ2n) is 5.84. The molecule has 1 N–H and O–H groups in total. The van der Waals surface area contributed by atoms with E-state index >= 15 is 0 Å². The Labute approximate surface area is 119 Å². The number of carbonyl (C=O) groups excluding carboxylic acids is 1. The van der Waals surface area contributed by atoms with Crippen molar-refractivity contribution in [3.8, 4) is 0 Å². The van der Waals surface area contributed by atoms with E-state index in [0.717, 1.165) is 31.6 Å². The molecule has 1 saturated heterocycles. The molecule has 3 rings (SSSR count). The highest BCUT2D eigenvalue weighted by molar-refractivity contribution is 5.92. The molecule has 1 amide bonds. The molecule has 1 aliphatic carbocycles. The fourth-order valence-corrected chi connectivity index (χ4v) is 3.06. The number of anilines is 1. The van der Waals surface area contributed by atoms with Crippen LogP contribution in [-0.2, 0) is 0 Å². The molecule has 2 aliphatic rings. The van der Waals surface area contributed by atoms with Gasteiger partial charge in [-0.3, -0.25) is 4.79 Å². The number of amides is 1. The summed E-state index contributed by atoms with van der Waals surface area (Å²) in [5.41, 5.74) is 1.37. The van der Waals surface area contributed by atoms with E-state index in [9.17, 15) is 4.79 Å². The molecule has 1 aliphatic heterocycles. The van der Waals surface area contributed by atoms with Gasteiger partial charge in [0.15, 0.2) is 0 Å². The smallest absolute Gasteiger partial charge is 0.270 e. The molecular formula is C15H22N4O. The first-order valence-electron chi connectivity index (χ1n) is 7.64. The lowest BCUT2D eigenvalue weighted by molar-refractivity contribution is 0.0932. The van der Waals surface area contributed by atoms with Crippen LogP contribution in [0.4, 0.5) is 5.95 Å². The zero-order valence-corrected chi connectivity index (χ0v) is 12.1. The van der Waals surface area contributed by atoms with Gasteiger partial charge in [-0.05, 0) is 38.7 Å². The van der Waals surface area contributed by atoms with Gasteiger partial charge in [-0.25, -0.2) is 9.97 Å². The number of hydrogen-bond donors (Lipinski definition) is 1. The van der Waals surface area contributed by atoms with Crippen LogP contribution >= 0.6 is 0 Å². The molecule has 0 spiro atoms. The molecule has 0 atom stereocenters. The molecule has 0 radical (unpaired) electrons. The molecule has 0 bridgehead atoms. The van der Waals surface area contributed by atoms with Gasteiger partial charge >= 0.3 is 0 Å². The van der Waals surface area contributed by atoms with Crippen LogP contribution in [0.3, 0.4) is 0 Å². The summed E-state index contributed by atoms with van der Waals surface area (Å²) in [6, 6.07) is 2.11. The van der Waals surface area contributed by atoms with E-state index in [4.69, 9.17) is 0 Å². The lowest BCUT2D eigenvalue weighted by Gasteiger charge is -2.17. The Balaban J connectivity index is 1.75. The predicted molar refractivity (Wildman–Crippen MR) is 77.9 cm³/mol. The van der Waals surface area contributed by atoms with Crippen molar-refractivity contribution in [1.29, 1.82) is 0 Å². The van der Waals surface area contributed by atoms with Crippen LogP contribution in [0.5, 0.6) is 0 Å². The van der Waals surface area contributed by atoms with Gasteiger partial charge in [-0.2, -0.15) is 0 Å². The minimum Gasteiger partial charge on any atom is -0.348 e. The van der Waals surface area contributed by atoms with Crippen LogP contribution < -0.4 is 10.2 Å². The minimum atomic E-state index is -0.0529. The largest absolute Gasteiger partial charge is 0.348 e. The maximum absolute atomic E-state index is 12.3. The van der Waals surface area contributed by atoms with Crippen LogP contribution in [0, 0.1) is 6.92 Å². The first kappa shape index (κ1) is 13.3. The predicted octanol–water partition coefficient (Wildman–Crippen LogP) is 2.06. The summed E-state index contributed by atoms with van der Waals surface area (Å²) in [6.45, 7) is 3.91. The van der Waals surface area contributed by atoms with Gasteiger partial charge in [-0.1, -0.05) is 12.8 Å². The summed E-state index contributed by atoms with van der Waals surface area (Å²) in [7, 11) is 0. The highest BCUT2D eigenvalue weighted by Gasteiger charge is 2.21. The van der Waals surface area contributed by atoms with Crippen molar-refractivity contribution < 1.29 is 4.79 Å². The lowest BCUT2D eigenvalue weighted by Crippen LogP contribution is -2.33. The van der Waals surface area contributed by atoms with Crippen LogP contribution in [0.1, 0.15) is 54.7 Å². The second kappa shape index (κ2) is 5.77. The van der Waals surface area contributed by atoms with E-state index in [-0.39, 0.29) is 5.91 Å². The number of rotatable bonds is 3. The Hall–Kier alpha value is -1.65. The van der Waals surface area contributed by atoms with Gasteiger partial charge in [0.25, 0.3) is 5.91 Å². The fraction of sp³-hybridized carbons (Fsp3) is 0.667. The summed E-state index contributed by atoms with van der Waals surface area (Å²) in [5.74, 6) is 0.655. The lowest BCUT2D eigenvalue weighted by atomic mass is 10.2. The normalized spacial score (nSPS) is 19.6. The van der Waals surface area contributed by atoms with Gasteiger partial charge in [0.05, 0.1) is 0 Å². The van der Waals surface area contributed by atoms with E-state index < -0.39 is 0 Å². The van der Waals surface area contributed by atoms with Gasteiger partial charge in [-0.15, -0.1) is 0 Å². The fourth-order valence-electron chi connectivity index (χ4n) is 3.06. The van der Waals surface area contributed by atoms with Crippen molar-refractivity contribution >= 4 is 11.9 Å². The zero-order valence-electron chi connectivity index (χ0n) is 12.1. The zero-order chi connectivity index (χ0) is 13.9. The van der Waals surface area contributed by atoms with Crippen LogP contribution in [0.2, 0.25) is 0 Å². The Morgan fingerprint density at radius 2 is 1.90 bits per heavy atom. The van der Waals surface area contributed by atoms with Crippen molar-refractivity contribution in [2.45, 2.75) is 51.5 Å². The highest BCUT2D eigenvalue weighted by atomic mass is 16.1. The number of aromatic nitrogens is 2. The number of aryl methyl sites for hydroxylation is 1. The molecule has 0 aromatic carbocycles. The maximum atomic E-state index is 12.3. The third kappa shape index (κ3) is 2.92. The maximum Gasteiger partial charge on any atom is 0.270 e. The van der Waals surface area contributed by atoms with Crippen LogP contribution in [-0.4, -0.2) is 35.0 Å². The highest BCUT2D eigenvalue weighted by Crippen LogP contribution is 2.19. The molecular weight excluding hydrogens is 252 g/mol. The molecule has 2 fully saturated rings. The molecule has 1 aromatic heterocycles. The molecule has 1 saturated carbocycles. The summed E-state index contributed by atoms with van der Waals surface area (Å²) in [6.07, 6.45) is 6.98. The Morgan fingerprint density at radius 1 is 1.20 bits per heavy atom. The van der Waals surface area contributed by atoms with Crippen molar-refractivity contribution in [1.82, 2.24) is 15.3 Å². The van der Waals surface area contributed by atoms with E-state index in [0.29, 0.717) is 17.7 Å². The standard InChI is InChI=1S/C15H22N4O/c1-11-10-13(14(20)17-12-6-2-3-7-12)18-15(16-11)19-8-4-5-9-19/h10,12H,2-9H2,1H3,(H,17,20). The first-order chi connectivity index (χ1) is 9.72. The Morgan fingerprint density at radius 3 is 2.60 bits per heavy atom. The molecule has 5 nitrogen and oxygen atoms in total. The Kier molecular flexibility index (Phi) is 3.85. The number of carbonyl (C=O) groups is 1. The molecule has 5 heteroatoms. The first-order valence-corrected chi connectivity index (χ1v) is 7.64. The van der Waals surface area contributed by atoms with Gasteiger partial charge in [0.1, 0.15) is 5.69 Å². The summed E-state index contributed by atoms with van der Waals surface area (Å²) < 4.78 is 0. The van der Waals surface area contributed by atoms with Crippen molar-refractivity contribution in [3.05, 3.63) is 17.5 Å². The van der Waals surface area contributed by atoms with E-state index in [1.54, 1.807) is 6.07 Å². The van der Waals surface area contributed by atoms with Gasteiger partial charge < -0.3 is 10.2 Å². The van der Waals surface area contributed by atoms with E-state index in [2.05, 4.69) is 20.2 Å². The summed E-state index contributed by atoms with van der Waals surface area (Å²) in [4.78, 5) is 23.4. The average Bonchev–Trinajstić information content (AvgIpc) is 3.11. The SMILES string of the molecule is Cc1cc(C(=O)NC2CCCC2)nc(N2CCCC2)n1. The van der Waals surface area contributed by atoms with Gasteiger partial charge in [0, 0.05) is 24.8 Å². The third-order valence-corrected chi connectivity index (χ3v) is 4.15. The average molecular weight is 274 g/mol. The van der Waals surface area contributed by atoms with Crippen molar-refractivity contribution in [3.63, 3.8) is 0 Å². The number of hydrogen-bond acceptors (Lipinski definition) is 4. The number of nitrogens with one attached hydrogen (secondary N) is 1. The molecule has 0 unspecified atom stereocenters. The molecule has 108 valence electrons. The van der Waals surface area contributed by atoms with Crippen molar-refractivity contribution in [2.75, 3.05) is 18.0 Å². The molecule has 20 heavy (non-hydrogen) atoms.